The lowest BCUT2D eigenvalue weighted by atomic mass is 9.99. The van der Waals surface area contributed by atoms with Gasteiger partial charge in [0.1, 0.15) is 0 Å². The van der Waals surface area contributed by atoms with Crippen molar-refractivity contribution in [2.45, 2.75) is 19.8 Å². The van der Waals surface area contributed by atoms with Gasteiger partial charge in [0.2, 0.25) is 0 Å². The molecule has 1 aromatic heterocycles. The van der Waals surface area contributed by atoms with Crippen LogP contribution >= 0.6 is 0 Å². The lowest BCUT2D eigenvalue weighted by Gasteiger charge is -2.10. The zero-order valence-corrected chi connectivity index (χ0v) is 7.04. The van der Waals surface area contributed by atoms with Gasteiger partial charge in [0, 0.05) is 12.4 Å². The average molecular weight is 150 g/mol. The minimum Gasteiger partial charge on any atom is -0.330 e. The molecule has 0 bridgehead atoms. The first kappa shape index (κ1) is 8.21. The Hall–Kier alpha value is -0.890. The number of hydrogen-bond donors (Lipinski definition) is 1. The SMILES string of the molecule is Cc1ccncc1C(C)CN. The molecule has 0 aromatic carbocycles. The van der Waals surface area contributed by atoms with Crippen molar-refractivity contribution < 1.29 is 0 Å². The van der Waals surface area contributed by atoms with E-state index in [0.717, 1.165) is 0 Å². The van der Waals surface area contributed by atoms with Crippen molar-refractivity contribution in [3.63, 3.8) is 0 Å². The van der Waals surface area contributed by atoms with E-state index in [-0.39, 0.29) is 0 Å². The van der Waals surface area contributed by atoms with E-state index in [0.29, 0.717) is 12.5 Å². The van der Waals surface area contributed by atoms with Gasteiger partial charge in [-0.2, -0.15) is 0 Å². The Morgan fingerprint density at radius 3 is 2.91 bits per heavy atom. The molecular formula is C9H14N2. The fraction of sp³-hybridized carbons (Fsp3) is 0.444. The van der Waals surface area contributed by atoms with Crippen LogP contribution in [-0.2, 0) is 0 Å². The Morgan fingerprint density at radius 2 is 2.36 bits per heavy atom. The number of aryl methyl sites for hydroxylation is 1. The topological polar surface area (TPSA) is 38.9 Å². The molecule has 0 saturated carbocycles. The Kier molecular flexibility index (Phi) is 2.60. The molecule has 0 aliphatic heterocycles. The van der Waals surface area contributed by atoms with Crippen molar-refractivity contribution in [1.29, 1.82) is 0 Å². The van der Waals surface area contributed by atoms with E-state index in [1.807, 2.05) is 18.5 Å². The van der Waals surface area contributed by atoms with E-state index >= 15 is 0 Å². The van der Waals surface area contributed by atoms with Crippen molar-refractivity contribution in [3.05, 3.63) is 29.6 Å². The second-order valence-electron chi connectivity index (χ2n) is 2.87. The second kappa shape index (κ2) is 3.49. The largest absolute Gasteiger partial charge is 0.330 e. The van der Waals surface area contributed by atoms with Gasteiger partial charge >= 0.3 is 0 Å². The molecule has 2 N–H and O–H groups in total. The van der Waals surface area contributed by atoms with E-state index in [1.54, 1.807) is 0 Å². The maximum atomic E-state index is 5.55. The van der Waals surface area contributed by atoms with Crippen molar-refractivity contribution in [3.8, 4) is 0 Å². The lowest BCUT2D eigenvalue weighted by molar-refractivity contribution is 0.763. The number of pyridine rings is 1. The van der Waals surface area contributed by atoms with Gasteiger partial charge in [0.05, 0.1) is 0 Å². The molecule has 2 nitrogen and oxygen atoms in total. The summed E-state index contributed by atoms with van der Waals surface area (Å²) in [5.74, 6) is 0.420. The van der Waals surface area contributed by atoms with Crippen LogP contribution in [0.5, 0.6) is 0 Å². The Bertz CT molecular complexity index is 233. The van der Waals surface area contributed by atoms with Crippen LogP contribution in [0, 0.1) is 6.92 Å². The molecule has 0 fully saturated rings. The molecule has 1 aromatic rings. The standard InChI is InChI=1S/C9H14N2/c1-7-3-4-11-6-9(7)8(2)5-10/h3-4,6,8H,5,10H2,1-2H3. The van der Waals surface area contributed by atoms with E-state index in [1.165, 1.54) is 11.1 Å². The van der Waals surface area contributed by atoms with E-state index in [4.69, 9.17) is 5.73 Å². The van der Waals surface area contributed by atoms with Gasteiger partial charge in [-0.15, -0.1) is 0 Å². The van der Waals surface area contributed by atoms with Gasteiger partial charge in [-0.3, -0.25) is 4.98 Å². The fourth-order valence-electron chi connectivity index (χ4n) is 1.12. The maximum absolute atomic E-state index is 5.55. The van der Waals surface area contributed by atoms with Crippen LogP contribution in [0.25, 0.3) is 0 Å². The summed E-state index contributed by atoms with van der Waals surface area (Å²) in [6.45, 7) is 4.89. The van der Waals surface area contributed by atoms with Crippen LogP contribution in [0.15, 0.2) is 18.5 Å². The second-order valence-corrected chi connectivity index (χ2v) is 2.87. The van der Waals surface area contributed by atoms with Gasteiger partial charge in [-0.25, -0.2) is 0 Å². The van der Waals surface area contributed by atoms with Gasteiger partial charge in [0.15, 0.2) is 0 Å². The van der Waals surface area contributed by atoms with Gasteiger partial charge in [-0.1, -0.05) is 6.92 Å². The first-order valence-corrected chi connectivity index (χ1v) is 3.86. The summed E-state index contributed by atoms with van der Waals surface area (Å²) in [5, 5.41) is 0. The molecule has 1 unspecified atom stereocenters. The predicted molar refractivity (Wildman–Crippen MR) is 46.4 cm³/mol. The number of hydrogen-bond acceptors (Lipinski definition) is 2. The first-order valence-electron chi connectivity index (χ1n) is 3.86. The summed E-state index contributed by atoms with van der Waals surface area (Å²) < 4.78 is 0. The molecule has 1 heterocycles. The minimum atomic E-state index is 0.420. The Morgan fingerprint density at radius 1 is 1.64 bits per heavy atom. The molecule has 60 valence electrons. The van der Waals surface area contributed by atoms with Crippen LogP contribution in [0.2, 0.25) is 0 Å². The van der Waals surface area contributed by atoms with Crippen molar-refractivity contribution >= 4 is 0 Å². The van der Waals surface area contributed by atoms with Crippen molar-refractivity contribution in [1.82, 2.24) is 4.98 Å². The minimum absolute atomic E-state index is 0.420. The monoisotopic (exact) mass is 150 g/mol. The molecular weight excluding hydrogens is 136 g/mol. The summed E-state index contributed by atoms with van der Waals surface area (Å²) in [6, 6.07) is 2.02. The fourth-order valence-corrected chi connectivity index (χ4v) is 1.12. The summed E-state index contributed by atoms with van der Waals surface area (Å²) in [7, 11) is 0. The third-order valence-electron chi connectivity index (χ3n) is 1.96. The Balaban J connectivity index is 2.93. The van der Waals surface area contributed by atoms with Crippen LogP contribution in [0.1, 0.15) is 24.0 Å². The first-order chi connectivity index (χ1) is 5.25. The summed E-state index contributed by atoms with van der Waals surface area (Å²) in [6.07, 6.45) is 3.70. The molecule has 0 amide bonds. The smallest absolute Gasteiger partial charge is 0.0305 e. The highest BCUT2D eigenvalue weighted by Gasteiger charge is 2.04. The maximum Gasteiger partial charge on any atom is 0.0305 e. The molecule has 0 aliphatic rings. The third kappa shape index (κ3) is 1.77. The molecule has 0 aliphatic carbocycles. The predicted octanol–water partition coefficient (Wildman–Crippen LogP) is 1.45. The quantitative estimate of drug-likeness (QED) is 0.693. The van der Waals surface area contributed by atoms with Crippen LogP contribution in [0.3, 0.4) is 0 Å². The normalized spacial score (nSPS) is 13.0. The lowest BCUT2D eigenvalue weighted by Crippen LogP contribution is -2.10. The molecule has 2 heteroatoms. The highest BCUT2D eigenvalue weighted by atomic mass is 14.6. The molecule has 0 radical (unpaired) electrons. The van der Waals surface area contributed by atoms with E-state index in [2.05, 4.69) is 18.8 Å². The highest BCUT2D eigenvalue weighted by molar-refractivity contribution is 5.24. The van der Waals surface area contributed by atoms with Crippen LogP contribution in [0.4, 0.5) is 0 Å². The number of nitrogens with two attached hydrogens (primary N) is 1. The zero-order valence-electron chi connectivity index (χ0n) is 7.04. The molecule has 0 spiro atoms. The number of nitrogens with zero attached hydrogens (tertiary/aromatic N) is 1. The van der Waals surface area contributed by atoms with Crippen molar-refractivity contribution in [2.75, 3.05) is 6.54 Å². The third-order valence-corrected chi connectivity index (χ3v) is 1.96. The Labute approximate surface area is 67.5 Å². The summed E-state index contributed by atoms with van der Waals surface area (Å²) in [5.41, 5.74) is 8.08. The molecule has 0 saturated heterocycles. The van der Waals surface area contributed by atoms with Crippen LogP contribution < -0.4 is 5.73 Å². The van der Waals surface area contributed by atoms with Gasteiger partial charge in [-0.05, 0) is 36.6 Å². The van der Waals surface area contributed by atoms with Gasteiger partial charge < -0.3 is 5.73 Å². The summed E-state index contributed by atoms with van der Waals surface area (Å²) >= 11 is 0. The summed E-state index contributed by atoms with van der Waals surface area (Å²) in [4.78, 5) is 4.06. The molecule has 1 atom stereocenters. The number of rotatable bonds is 2. The van der Waals surface area contributed by atoms with E-state index in [9.17, 15) is 0 Å². The highest BCUT2D eigenvalue weighted by Crippen LogP contribution is 2.15. The van der Waals surface area contributed by atoms with E-state index < -0.39 is 0 Å². The zero-order chi connectivity index (χ0) is 8.27. The van der Waals surface area contributed by atoms with Crippen LogP contribution in [-0.4, -0.2) is 11.5 Å². The van der Waals surface area contributed by atoms with Gasteiger partial charge in [0.25, 0.3) is 0 Å². The molecule has 11 heavy (non-hydrogen) atoms. The van der Waals surface area contributed by atoms with Crippen molar-refractivity contribution in [2.24, 2.45) is 5.73 Å². The average Bonchev–Trinajstić information content (AvgIpc) is 2.04. The number of aromatic nitrogens is 1. The molecule has 1 rings (SSSR count).